The second-order valence-electron chi connectivity index (χ2n) is 8.49. The molecule has 8 nitrogen and oxygen atoms in total. The molecule has 0 radical (unpaired) electrons. The Labute approximate surface area is 211 Å². The van der Waals surface area contributed by atoms with E-state index in [1.807, 2.05) is 13.8 Å². The van der Waals surface area contributed by atoms with E-state index in [1.54, 1.807) is 23.9 Å². The van der Waals surface area contributed by atoms with Crippen LogP contribution in [0.1, 0.15) is 37.9 Å². The van der Waals surface area contributed by atoms with E-state index in [0.29, 0.717) is 48.4 Å². The summed E-state index contributed by atoms with van der Waals surface area (Å²) in [7, 11) is 1.59. The summed E-state index contributed by atoms with van der Waals surface area (Å²) in [6, 6.07) is 6.63. The topological polar surface area (TPSA) is 94.9 Å². The number of benzene rings is 1. The molecule has 4 rings (SSSR count). The van der Waals surface area contributed by atoms with Crippen molar-refractivity contribution in [2.75, 3.05) is 20.3 Å². The first-order valence-electron chi connectivity index (χ1n) is 12.1. The molecule has 196 valence electrons. The number of aryl methyl sites for hydroxylation is 1. The number of methoxy groups -OCH3 is 1. The zero-order chi connectivity index (χ0) is 26.6. The highest BCUT2D eigenvalue weighted by Gasteiger charge is 2.30. The average Bonchev–Trinajstić information content (AvgIpc) is 3.25. The Bertz CT molecular complexity index is 1450. The number of nitrogens with zero attached hydrogens (tertiary/aromatic N) is 4. The molecule has 0 aliphatic heterocycles. The first-order chi connectivity index (χ1) is 17.8. The fourth-order valence-electron chi connectivity index (χ4n) is 3.99. The summed E-state index contributed by atoms with van der Waals surface area (Å²) < 4.78 is 52.7. The Morgan fingerprint density at radius 2 is 1.89 bits per heavy atom. The number of fused-ring (bicyclic) bond motifs is 1. The Kier molecular flexibility index (Phi) is 7.91. The van der Waals surface area contributed by atoms with Gasteiger partial charge in [-0.05, 0) is 36.6 Å². The van der Waals surface area contributed by atoms with Gasteiger partial charge in [0.25, 0.3) is 5.56 Å². The molecule has 0 atom stereocenters. The number of aromatic amines is 1. The van der Waals surface area contributed by atoms with E-state index in [2.05, 4.69) is 15.1 Å². The van der Waals surface area contributed by atoms with E-state index < -0.39 is 17.3 Å². The summed E-state index contributed by atoms with van der Waals surface area (Å²) >= 11 is 0. The molecular formula is C26H28F3N5O3. The molecule has 3 heterocycles. The van der Waals surface area contributed by atoms with Gasteiger partial charge < -0.3 is 14.5 Å². The van der Waals surface area contributed by atoms with Crippen LogP contribution in [0, 0.1) is 0 Å². The average molecular weight is 516 g/mol. The Morgan fingerprint density at radius 3 is 2.59 bits per heavy atom. The van der Waals surface area contributed by atoms with Crippen molar-refractivity contribution < 1.29 is 22.6 Å². The molecule has 0 bridgehead atoms. The van der Waals surface area contributed by atoms with Gasteiger partial charge in [-0.1, -0.05) is 32.4 Å². The van der Waals surface area contributed by atoms with E-state index in [0.717, 1.165) is 30.7 Å². The predicted octanol–water partition coefficient (Wildman–Crippen LogP) is 5.26. The van der Waals surface area contributed by atoms with Gasteiger partial charge in [-0.15, -0.1) is 0 Å². The Balaban J connectivity index is 1.87. The number of pyridine rings is 1. The van der Waals surface area contributed by atoms with Gasteiger partial charge in [-0.2, -0.15) is 18.3 Å². The molecule has 37 heavy (non-hydrogen) atoms. The normalized spacial score (nSPS) is 11.8. The van der Waals surface area contributed by atoms with Crippen LogP contribution in [0.3, 0.4) is 0 Å². The fraction of sp³-hybridized carbons (Fsp3) is 0.385. The monoisotopic (exact) mass is 515 g/mol. The van der Waals surface area contributed by atoms with Crippen molar-refractivity contribution in [2.45, 2.75) is 45.8 Å². The number of rotatable bonds is 10. The Morgan fingerprint density at radius 1 is 1.08 bits per heavy atom. The maximum absolute atomic E-state index is 13.3. The van der Waals surface area contributed by atoms with Crippen LogP contribution < -0.4 is 10.3 Å². The molecule has 0 unspecified atom stereocenters. The zero-order valence-corrected chi connectivity index (χ0v) is 20.9. The van der Waals surface area contributed by atoms with Crippen molar-refractivity contribution in [3.63, 3.8) is 0 Å². The van der Waals surface area contributed by atoms with E-state index in [-0.39, 0.29) is 17.2 Å². The molecule has 0 fully saturated rings. The van der Waals surface area contributed by atoms with Crippen molar-refractivity contribution in [3.05, 3.63) is 58.1 Å². The zero-order valence-electron chi connectivity index (χ0n) is 20.9. The SMILES string of the molecule is CCCCOc1ncc(-c2cccc(C(F)(F)F)c2)cc1-c1nc2c(CC)n(CCOC)nc2c(=O)[nH]1. The predicted molar refractivity (Wildman–Crippen MR) is 133 cm³/mol. The number of hydrogen-bond acceptors (Lipinski definition) is 6. The molecule has 0 amide bonds. The van der Waals surface area contributed by atoms with Crippen LogP contribution in [0.25, 0.3) is 33.5 Å². The molecule has 0 spiro atoms. The van der Waals surface area contributed by atoms with Crippen molar-refractivity contribution in [3.8, 4) is 28.4 Å². The van der Waals surface area contributed by atoms with Crippen LogP contribution >= 0.6 is 0 Å². The molecule has 0 saturated heterocycles. The molecule has 1 N–H and O–H groups in total. The van der Waals surface area contributed by atoms with Gasteiger partial charge in [0.1, 0.15) is 11.3 Å². The standard InChI is InChI=1S/C26H28F3N5O3/c1-4-6-11-37-25-19(14-17(15-30-25)16-8-7-9-18(13-16)26(27,28)29)23-31-21-20(5-2)34(10-12-36-3)33-22(21)24(35)32-23/h7-9,13-15H,4-6,10-12H2,1-3H3,(H,31,32,35). The third kappa shape index (κ3) is 5.66. The number of alkyl halides is 3. The van der Waals surface area contributed by atoms with Gasteiger partial charge in [0.2, 0.25) is 5.88 Å². The largest absolute Gasteiger partial charge is 0.477 e. The minimum atomic E-state index is -4.48. The second-order valence-corrected chi connectivity index (χ2v) is 8.49. The first-order valence-corrected chi connectivity index (χ1v) is 12.1. The van der Waals surface area contributed by atoms with Gasteiger partial charge in [0.05, 0.1) is 36.6 Å². The van der Waals surface area contributed by atoms with Gasteiger partial charge in [-0.25, -0.2) is 9.97 Å². The van der Waals surface area contributed by atoms with E-state index in [9.17, 15) is 18.0 Å². The number of H-pyrrole nitrogens is 1. The van der Waals surface area contributed by atoms with Crippen LogP contribution in [0.4, 0.5) is 13.2 Å². The van der Waals surface area contributed by atoms with Gasteiger partial charge >= 0.3 is 6.18 Å². The summed E-state index contributed by atoms with van der Waals surface area (Å²) in [5.74, 6) is 0.433. The summed E-state index contributed by atoms with van der Waals surface area (Å²) in [5, 5.41) is 4.41. The molecule has 3 aromatic heterocycles. The lowest BCUT2D eigenvalue weighted by molar-refractivity contribution is -0.137. The van der Waals surface area contributed by atoms with E-state index >= 15 is 0 Å². The fourth-order valence-corrected chi connectivity index (χ4v) is 3.99. The molecule has 1 aromatic carbocycles. The minimum Gasteiger partial charge on any atom is -0.477 e. The highest BCUT2D eigenvalue weighted by Crippen LogP contribution is 2.35. The van der Waals surface area contributed by atoms with Gasteiger partial charge in [0, 0.05) is 18.9 Å². The third-order valence-electron chi connectivity index (χ3n) is 5.91. The van der Waals surface area contributed by atoms with Gasteiger partial charge in [0.15, 0.2) is 5.52 Å². The highest BCUT2D eigenvalue weighted by molar-refractivity contribution is 5.80. The minimum absolute atomic E-state index is 0.200. The van der Waals surface area contributed by atoms with Crippen LogP contribution in [0.2, 0.25) is 0 Å². The smallest absolute Gasteiger partial charge is 0.416 e. The number of nitrogens with one attached hydrogen (secondary N) is 1. The first kappa shape index (κ1) is 26.3. The summed E-state index contributed by atoms with van der Waals surface area (Å²) in [5.41, 5.74) is 1.35. The van der Waals surface area contributed by atoms with Crippen molar-refractivity contribution in [1.29, 1.82) is 0 Å². The number of unbranched alkanes of at least 4 members (excludes halogenated alkanes) is 1. The molecule has 11 heteroatoms. The van der Waals surface area contributed by atoms with Crippen LogP contribution in [0.15, 0.2) is 41.3 Å². The number of hydrogen-bond donors (Lipinski definition) is 1. The van der Waals surface area contributed by atoms with E-state index in [4.69, 9.17) is 14.5 Å². The van der Waals surface area contributed by atoms with Crippen LogP contribution in [-0.2, 0) is 23.9 Å². The quantitative estimate of drug-likeness (QED) is 0.290. The van der Waals surface area contributed by atoms with Crippen molar-refractivity contribution in [1.82, 2.24) is 24.7 Å². The number of aromatic nitrogens is 5. The lowest BCUT2D eigenvalue weighted by Crippen LogP contribution is -2.11. The second kappa shape index (κ2) is 11.1. The summed E-state index contributed by atoms with van der Waals surface area (Å²) in [6.45, 7) is 5.24. The lowest BCUT2D eigenvalue weighted by Gasteiger charge is -2.13. The molecule has 4 aromatic rings. The van der Waals surface area contributed by atoms with Crippen molar-refractivity contribution >= 4 is 11.0 Å². The molecule has 0 aliphatic carbocycles. The van der Waals surface area contributed by atoms with E-state index in [1.165, 1.54) is 12.3 Å². The summed E-state index contributed by atoms with van der Waals surface area (Å²) in [6.07, 6.45) is -0.757. The van der Waals surface area contributed by atoms with Crippen LogP contribution in [0.5, 0.6) is 5.88 Å². The third-order valence-corrected chi connectivity index (χ3v) is 5.91. The van der Waals surface area contributed by atoms with Gasteiger partial charge in [-0.3, -0.25) is 9.48 Å². The summed E-state index contributed by atoms with van der Waals surface area (Å²) in [4.78, 5) is 24.9. The number of halogens is 3. The van der Waals surface area contributed by atoms with Crippen molar-refractivity contribution in [2.24, 2.45) is 0 Å². The Hall–Kier alpha value is -3.73. The lowest BCUT2D eigenvalue weighted by atomic mass is 10.0. The number of ether oxygens (including phenoxy) is 2. The maximum atomic E-state index is 13.3. The highest BCUT2D eigenvalue weighted by atomic mass is 19.4. The molecular weight excluding hydrogens is 487 g/mol. The maximum Gasteiger partial charge on any atom is 0.416 e. The molecule has 0 saturated carbocycles. The van der Waals surface area contributed by atoms with Crippen LogP contribution in [-0.4, -0.2) is 45.1 Å². The molecule has 0 aliphatic rings.